The van der Waals surface area contributed by atoms with Crippen molar-refractivity contribution in [2.45, 2.75) is 243 Å². The molecular weight excluding hydrogens is 741 g/mol. The highest BCUT2D eigenvalue weighted by Gasteiger charge is 2.47. The number of ether oxygens (including phenoxy) is 4. The number of esters is 2. The maximum Gasteiger partial charge on any atom is 0.335 e. The minimum atomic E-state index is -1.86. The number of aliphatic hydroxyl groups excluding tert-OH is 3. The Hall–Kier alpha value is -2.31. The predicted octanol–water partition coefficient (Wildman–Crippen LogP) is 10.2. The van der Waals surface area contributed by atoms with E-state index in [9.17, 15) is 34.8 Å². The fraction of sp³-hybridized carbons (Fsp3) is 0.851. The van der Waals surface area contributed by atoms with E-state index in [1.807, 2.05) is 0 Å². The second kappa shape index (κ2) is 37.7. The van der Waals surface area contributed by atoms with Crippen LogP contribution in [0.1, 0.15) is 206 Å². The molecule has 0 spiro atoms. The highest BCUT2D eigenvalue weighted by Crippen LogP contribution is 2.23. The van der Waals surface area contributed by atoms with Crippen LogP contribution in [-0.2, 0) is 33.3 Å². The van der Waals surface area contributed by atoms with Crippen molar-refractivity contribution in [3.8, 4) is 0 Å². The van der Waals surface area contributed by atoms with Gasteiger partial charge in [0.15, 0.2) is 18.5 Å². The van der Waals surface area contributed by atoms with Gasteiger partial charge in [-0.1, -0.05) is 173 Å². The molecule has 0 bridgehead atoms. The molecule has 338 valence electrons. The van der Waals surface area contributed by atoms with Crippen LogP contribution in [0.3, 0.4) is 0 Å². The molecule has 0 amide bonds. The maximum atomic E-state index is 12.8. The topological polar surface area (TPSA) is 169 Å². The van der Waals surface area contributed by atoms with Gasteiger partial charge in [-0.25, -0.2) is 4.79 Å². The summed E-state index contributed by atoms with van der Waals surface area (Å²) in [5.74, 6) is -2.44. The van der Waals surface area contributed by atoms with Crippen molar-refractivity contribution in [3.05, 3.63) is 24.3 Å². The summed E-state index contributed by atoms with van der Waals surface area (Å²) < 4.78 is 21.8. The second-order valence-electron chi connectivity index (χ2n) is 16.3. The summed E-state index contributed by atoms with van der Waals surface area (Å²) in [5.41, 5.74) is 0. The van der Waals surface area contributed by atoms with E-state index in [1.54, 1.807) is 0 Å². The molecule has 11 heteroatoms. The van der Waals surface area contributed by atoms with Gasteiger partial charge in [-0.15, -0.1) is 0 Å². The number of rotatable bonds is 39. The maximum absolute atomic E-state index is 12.8. The van der Waals surface area contributed by atoms with Crippen LogP contribution in [0.2, 0.25) is 0 Å². The number of carboxylic acids is 1. The van der Waals surface area contributed by atoms with Crippen molar-refractivity contribution >= 4 is 17.9 Å². The normalized spacial score (nSPS) is 20.2. The molecule has 0 aliphatic carbocycles. The average molecular weight is 825 g/mol. The van der Waals surface area contributed by atoms with Gasteiger partial charge in [0.25, 0.3) is 0 Å². The first-order chi connectivity index (χ1) is 28.2. The van der Waals surface area contributed by atoms with Crippen molar-refractivity contribution in [1.82, 2.24) is 0 Å². The summed E-state index contributed by atoms with van der Waals surface area (Å²) in [7, 11) is 0. The first kappa shape index (κ1) is 53.7. The van der Waals surface area contributed by atoms with Crippen molar-refractivity contribution in [3.63, 3.8) is 0 Å². The number of allylic oxidation sites excluding steroid dienone is 4. The smallest absolute Gasteiger partial charge is 0.335 e. The standard InChI is InChI=1S/C47H84O11/c1-3-5-7-9-11-13-15-17-19-20-21-22-24-25-27-29-31-33-35-40(48)55-37-39(38-56-47-44(52)42(50)43(51)45(58-47)46(53)54)57-41(49)36-34-32-30-28-26-23-18-16-14-12-10-8-6-4-2/h13,15,19-20,39,42-45,47,50-52H,3-12,14,16-18,21-38H2,1-2H3,(H,53,54)/b15-13-,20-19-. The molecule has 11 nitrogen and oxygen atoms in total. The largest absolute Gasteiger partial charge is 0.479 e. The number of hydrogen-bond donors (Lipinski definition) is 4. The van der Waals surface area contributed by atoms with E-state index in [-0.39, 0.29) is 26.1 Å². The molecule has 0 radical (unpaired) electrons. The highest BCUT2D eigenvalue weighted by atomic mass is 16.7. The zero-order valence-electron chi connectivity index (χ0n) is 36.5. The Kier molecular flexibility index (Phi) is 34.9. The van der Waals surface area contributed by atoms with Crippen LogP contribution >= 0.6 is 0 Å². The molecular formula is C47H84O11. The Balaban J connectivity index is 2.34. The van der Waals surface area contributed by atoms with E-state index >= 15 is 0 Å². The lowest BCUT2D eigenvalue weighted by Crippen LogP contribution is -2.60. The third-order valence-corrected chi connectivity index (χ3v) is 10.8. The zero-order valence-corrected chi connectivity index (χ0v) is 36.5. The number of carboxylic acid groups (broad SMARTS) is 1. The fourth-order valence-electron chi connectivity index (χ4n) is 7.09. The van der Waals surface area contributed by atoms with E-state index in [1.165, 1.54) is 116 Å². The molecule has 1 aliphatic heterocycles. The van der Waals surface area contributed by atoms with Gasteiger partial charge in [-0.3, -0.25) is 9.59 Å². The van der Waals surface area contributed by atoms with E-state index in [4.69, 9.17) is 18.9 Å². The van der Waals surface area contributed by atoms with Crippen LogP contribution in [0.4, 0.5) is 0 Å². The Morgan fingerprint density at radius 3 is 1.45 bits per heavy atom. The lowest BCUT2D eigenvalue weighted by atomic mass is 9.99. The second-order valence-corrected chi connectivity index (χ2v) is 16.3. The number of hydrogen-bond acceptors (Lipinski definition) is 10. The monoisotopic (exact) mass is 825 g/mol. The van der Waals surface area contributed by atoms with Gasteiger partial charge in [-0.05, 0) is 44.9 Å². The molecule has 0 aromatic heterocycles. The molecule has 0 saturated carbocycles. The van der Waals surface area contributed by atoms with Crippen molar-refractivity contribution < 1.29 is 53.8 Å². The summed E-state index contributed by atoms with van der Waals surface area (Å²) in [6, 6.07) is 0. The first-order valence-corrected chi connectivity index (χ1v) is 23.4. The predicted molar refractivity (Wildman–Crippen MR) is 229 cm³/mol. The molecule has 1 rings (SSSR count). The van der Waals surface area contributed by atoms with Gasteiger partial charge < -0.3 is 39.4 Å². The molecule has 6 atom stereocenters. The number of aliphatic hydroxyl groups is 3. The Bertz CT molecular complexity index is 1060. The van der Waals surface area contributed by atoms with Crippen LogP contribution in [0, 0.1) is 0 Å². The van der Waals surface area contributed by atoms with E-state index < -0.39 is 54.7 Å². The summed E-state index contributed by atoms with van der Waals surface area (Å²) in [6.07, 6.45) is 32.2. The van der Waals surface area contributed by atoms with Crippen LogP contribution in [0.25, 0.3) is 0 Å². The van der Waals surface area contributed by atoms with Gasteiger partial charge in [0.2, 0.25) is 0 Å². The summed E-state index contributed by atoms with van der Waals surface area (Å²) in [4.78, 5) is 36.8. The molecule has 0 aromatic rings. The van der Waals surface area contributed by atoms with Crippen molar-refractivity contribution in [1.29, 1.82) is 0 Å². The Morgan fingerprint density at radius 1 is 0.534 bits per heavy atom. The molecule has 58 heavy (non-hydrogen) atoms. The SMILES string of the molecule is CCCCCC/C=C\C/C=C\CCCCCCCCCC(=O)OCC(COC1OC(C(=O)O)C(O)C(O)C1O)OC(=O)CCCCCCCCCCCCCCCC. The van der Waals surface area contributed by atoms with Crippen LogP contribution in [-0.4, -0.2) is 88.4 Å². The van der Waals surface area contributed by atoms with Crippen LogP contribution in [0.15, 0.2) is 24.3 Å². The third kappa shape index (κ3) is 29.0. The average Bonchev–Trinajstić information content (AvgIpc) is 3.21. The quantitative estimate of drug-likeness (QED) is 0.0264. The molecule has 6 unspecified atom stereocenters. The minimum Gasteiger partial charge on any atom is -0.479 e. The molecule has 1 aliphatic rings. The van der Waals surface area contributed by atoms with Gasteiger partial charge in [0.1, 0.15) is 24.9 Å². The number of unbranched alkanes of at least 4 members (excludes halogenated alkanes) is 24. The lowest BCUT2D eigenvalue weighted by Gasteiger charge is -2.38. The van der Waals surface area contributed by atoms with Crippen molar-refractivity contribution in [2.24, 2.45) is 0 Å². The van der Waals surface area contributed by atoms with Crippen LogP contribution < -0.4 is 0 Å². The minimum absolute atomic E-state index is 0.185. The van der Waals surface area contributed by atoms with E-state index in [0.717, 1.165) is 51.4 Å². The first-order valence-electron chi connectivity index (χ1n) is 23.4. The summed E-state index contributed by atoms with van der Waals surface area (Å²) in [6.45, 7) is 3.80. The molecule has 4 N–H and O–H groups in total. The number of carbonyl (C=O) groups excluding carboxylic acids is 2. The summed E-state index contributed by atoms with van der Waals surface area (Å²) >= 11 is 0. The molecule has 1 heterocycles. The van der Waals surface area contributed by atoms with Crippen molar-refractivity contribution in [2.75, 3.05) is 13.2 Å². The zero-order chi connectivity index (χ0) is 42.5. The highest BCUT2D eigenvalue weighted by molar-refractivity contribution is 5.73. The Labute approximate surface area is 351 Å². The van der Waals surface area contributed by atoms with Gasteiger partial charge in [-0.2, -0.15) is 0 Å². The molecule has 1 saturated heterocycles. The van der Waals surface area contributed by atoms with Gasteiger partial charge in [0.05, 0.1) is 6.61 Å². The third-order valence-electron chi connectivity index (χ3n) is 10.8. The lowest BCUT2D eigenvalue weighted by molar-refractivity contribution is -0.298. The molecule has 1 fully saturated rings. The van der Waals surface area contributed by atoms with E-state index in [2.05, 4.69) is 38.2 Å². The summed E-state index contributed by atoms with van der Waals surface area (Å²) in [5, 5.41) is 39.8. The van der Waals surface area contributed by atoms with Gasteiger partial charge in [0, 0.05) is 12.8 Å². The molecule has 0 aromatic carbocycles. The van der Waals surface area contributed by atoms with E-state index in [0.29, 0.717) is 12.8 Å². The number of carbonyl (C=O) groups is 3. The van der Waals surface area contributed by atoms with Crippen LogP contribution in [0.5, 0.6) is 0 Å². The Morgan fingerprint density at radius 2 is 0.966 bits per heavy atom. The number of aliphatic carboxylic acids is 1. The van der Waals surface area contributed by atoms with Gasteiger partial charge >= 0.3 is 17.9 Å². The fourth-order valence-corrected chi connectivity index (χ4v) is 7.09.